The predicted octanol–water partition coefficient (Wildman–Crippen LogP) is 14.9. The van der Waals surface area contributed by atoms with Gasteiger partial charge in [-0.3, -0.25) is 0 Å². The molecule has 2 saturated carbocycles. The Kier molecular flexibility index (Phi) is 7.54. The highest BCUT2D eigenvalue weighted by molar-refractivity contribution is 6.18. The zero-order valence-electron chi connectivity index (χ0n) is 34.5. The van der Waals surface area contributed by atoms with Gasteiger partial charge in [-0.2, -0.15) is 0 Å². The van der Waals surface area contributed by atoms with E-state index in [1.807, 2.05) is 0 Å². The van der Waals surface area contributed by atoms with Gasteiger partial charge in [-0.1, -0.05) is 206 Å². The van der Waals surface area contributed by atoms with E-state index in [9.17, 15) is 0 Å². The van der Waals surface area contributed by atoms with E-state index in [1.165, 1.54) is 105 Å². The highest BCUT2D eigenvalue weighted by Crippen LogP contribution is 2.74. The van der Waals surface area contributed by atoms with Gasteiger partial charge >= 0.3 is 0 Å². The summed E-state index contributed by atoms with van der Waals surface area (Å²) in [4.78, 5) is 0. The summed E-state index contributed by atoms with van der Waals surface area (Å²) in [6, 6.07) is 49.0. The first kappa shape index (κ1) is 35.0. The highest BCUT2D eigenvalue weighted by atomic mass is 14.7. The molecule has 4 unspecified atom stereocenters. The summed E-state index contributed by atoms with van der Waals surface area (Å²) in [5.41, 5.74) is 16.5. The molecule has 290 valence electrons. The van der Waals surface area contributed by atoms with Crippen LogP contribution in [0.1, 0.15) is 49.3 Å². The van der Waals surface area contributed by atoms with Gasteiger partial charge in [-0.15, -0.1) is 0 Å². The highest BCUT2D eigenvalue weighted by Gasteiger charge is 2.67. The lowest BCUT2D eigenvalue weighted by molar-refractivity contribution is 0.700. The van der Waals surface area contributed by atoms with Gasteiger partial charge in [0.1, 0.15) is 0 Å². The van der Waals surface area contributed by atoms with E-state index in [4.69, 9.17) is 0 Å². The molecule has 2 fully saturated rings. The summed E-state index contributed by atoms with van der Waals surface area (Å²) in [6.45, 7) is 2.27. The molecule has 7 aromatic rings. The van der Waals surface area contributed by atoms with Crippen molar-refractivity contribution in [1.29, 1.82) is 0 Å². The minimum atomic E-state index is -0.0665. The summed E-state index contributed by atoms with van der Waals surface area (Å²) in [7, 11) is 0. The summed E-state index contributed by atoms with van der Waals surface area (Å²) in [6.07, 6.45) is 32.3. The first-order valence-electron chi connectivity index (χ1n) is 22.3. The van der Waals surface area contributed by atoms with Gasteiger partial charge in [0.25, 0.3) is 0 Å². The van der Waals surface area contributed by atoms with E-state index in [0.717, 1.165) is 19.3 Å². The molecule has 13 rings (SSSR count). The second-order valence-electron chi connectivity index (χ2n) is 18.4. The Balaban J connectivity index is 1.02. The Hall–Kier alpha value is -6.76. The molecule has 0 radical (unpaired) electrons. The van der Waals surface area contributed by atoms with E-state index >= 15 is 0 Å². The van der Waals surface area contributed by atoms with E-state index < -0.39 is 0 Å². The van der Waals surface area contributed by atoms with Gasteiger partial charge in [0.15, 0.2) is 0 Å². The van der Waals surface area contributed by atoms with Crippen LogP contribution in [0.15, 0.2) is 217 Å². The Morgan fingerprint density at radius 2 is 1.41 bits per heavy atom. The van der Waals surface area contributed by atoms with E-state index in [0.29, 0.717) is 11.8 Å². The molecule has 0 N–H and O–H groups in total. The molecular formula is C61H46. The topological polar surface area (TPSA) is 0 Å². The normalized spacial score (nSPS) is 24.4. The fourth-order valence-electron chi connectivity index (χ4n) is 12.1. The Labute approximate surface area is 358 Å². The molecule has 4 atom stereocenters. The van der Waals surface area contributed by atoms with Crippen molar-refractivity contribution < 1.29 is 0 Å². The standard InChI is InChI=1S/C61H46/c1-39-33-34-60(37-47(60)35-39)59-54-30-28-44-27-29-52(51-23-9-8-22-49(51)43-17-10-16-41(25-26-43)40-13-4-2-3-5-14-40)53-31-32-55(58(54)57(44)53)61(38-56(59)61)46-20-11-19-45(36-46)50-24-12-18-42-15-6-7-21-48(42)50/h2,4-15,17-36,47,56H,3,16,37-38H2,1H3. The zero-order valence-corrected chi connectivity index (χ0v) is 34.5. The van der Waals surface area contributed by atoms with Crippen LogP contribution in [-0.2, 0) is 5.41 Å². The minimum Gasteiger partial charge on any atom is -0.0807 e. The lowest BCUT2D eigenvalue weighted by Gasteiger charge is -2.32. The third kappa shape index (κ3) is 5.18. The molecule has 0 heteroatoms. The lowest BCUT2D eigenvalue weighted by atomic mass is 9.71. The molecule has 0 amide bonds. The average molecular weight is 779 g/mol. The number of benzene rings is 7. The Bertz CT molecular complexity index is 3380. The third-order valence-electron chi connectivity index (χ3n) is 15.1. The summed E-state index contributed by atoms with van der Waals surface area (Å²) < 4.78 is 0. The van der Waals surface area contributed by atoms with Crippen molar-refractivity contribution in [3.05, 3.63) is 239 Å². The predicted molar refractivity (Wildman–Crippen MR) is 258 cm³/mol. The molecule has 0 bridgehead atoms. The molecular weight excluding hydrogens is 733 g/mol. The molecule has 6 aliphatic rings. The SMILES string of the molecule is CC1=CC2CC2(C2=c3ccc4ccc(-c5ccccc5C5=CC=C(C6=CC=CCC=C6)CC=C5)c5ccc(c3c45)C3(c4cccc(-c5cccc6ccccc56)c4)CC23)C=C1. The fourth-order valence-corrected chi connectivity index (χ4v) is 12.1. The van der Waals surface area contributed by atoms with Crippen molar-refractivity contribution >= 4 is 43.5 Å². The second-order valence-corrected chi connectivity index (χ2v) is 18.4. The van der Waals surface area contributed by atoms with Crippen LogP contribution in [0.3, 0.4) is 0 Å². The van der Waals surface area contributed by atoms with Crippen molar-refractivity contribution in [1.82, 2.24) is 0 Å². The largest absolute Gasteiger partial charge is 0.0807 e. The maximum Gasteiger partial charge on any atom is 0.0281 e. The Morgan fingerprint density at radius 1 is 0.574 bits per heavy atom. The van der Waals surface area contributed by atoms with Crippen LogP contribution in [0.25, 0.3) is 65.7 Å². The van der Waals surface area contributed by atoms with Crippen LogP contribution in [0, 0.1) is 17.3 Å². The zero-order chi connectivity index (χ0) is 40.3. The van der Waals surface area contributed by atoms with E-state index in [-0.39, 0.29) is 10.8 Å². The van der Waals surface area contributed by atoms with Crippen molar-refractivity contribution in [2.75, 3.05) is 0 Å². The molecule has 0 aromatic heterocycles. The van der Waals surface area contributed by atoms with Crippen molar-refractivity contribution in [2.45, 2.75) is 38.0 Å². The lowest BCUT2D eigenvalue weighted by Crippen LogP contribution is -2.29. The molecule has 7 aromatic carbocycles. The van der Waals surface area contributed by atoms with E-state index in [1.54, 1.807) is 5.57 Å². The first-order chi connectivity index (χ1) is 30.1. The molecule has 61 heavy (non-hydrogen) atoms. The van der Waals surface area contributed by atoms with Crippen LogP contribution in [-0.4, -0.2) is 0 Å². The third-order valence-corrected chi connectivity index (χ3v) is 15.1. The molecule has 0 nitrogen and oxygen atoms in total. The van der Waals surface area contributed by atoms with Gasteiger partial charge in [0.2, 0.25) is 0 Å². The van der Waals surface area contributed by atoms with Crippen molar-refractivity contribution in [3.8, 4) is 22.3 Å². The summed E-state index contributed by atoms with van der Waals surface area (Å²) in [5, 5.41) is 9.67. The molecule has 0 aliphatic heterocycles. The van der Waals surface area contributed by atoms with Gasteiger partial charge in [0, 0.05) is 10.8 Å². The molecule has 0 saturated heterocycles. The summed E-state index contributed by atoms with van der Waals surface area (Å²) in [5.74, 6) is 1.05. The van der Waals surface area contributed by atoms with Crippen molar-refractivity contribution in [3.63, 3.8) is 0 Å². The number of hydrogen-bond donors (Lipinski definition) is 0. The first-order valence-corrected chi connectivity index (χ1v) is 22.3. The quantitative estimate of drug-likeness (QED) is 0.158. The average Bonchev–Trinajstić information content (AvgIpc) is 4.23. The van der Waals surface area contributed by atoms with Gasteiger partial charge in [-0.05, 0) is 143 Å². The van der Waals surface area contributed by atoms with Gasteiger partial charge in [0.05, 0.1) is 0 Å². The van der Waals surface area contributed by atoms with Gasteiger partial charge < -0.3 is 0 Å². The fraction of sp³-hybridized carbons (Fsp3) is 0.148. The monoisotopic (exact) mass is 778 g/mol. The van der Waals surface area contributed by atoms with Crippen LogP contribution >= 0.6 is 0 Å². The van der Waals surface area contributed by atoms with E-state index in [2.05, 4.69) is 207 Å². The number of fused-ring (bicyclic) bond motifs is 4. The smallest absolute Gasteiger partial charge is 0.0281 e. The Morgan fingerprint density at radius 3 is 2.36 bits per heavy atom. The number of allylic oxidation sites excluding steroid dienone is 16. The maximum absolute atomic E-state index is 2.60. The molecule has 0 heterocycles. The molecule has 0 spiro atoms. The van der Waals surface area contributed by atoms with Crippen LogP contribution in [0.2, 0.25) is 0 Å². The van der Waals surface area contributed by atoms with Crippen molar-refractivity contribution in [2.24, 2.45) is 17.3 Å². The summed E-state index contributed by atoms with van der Waals surface area (Å²) >= 11 is 0. The van der Waals surface area contributed by atoms with Crippen LogP contribution in [0.5, 0.6) is 0 Å². The molecule has 6 aliphatic carbocycles. The van der Waals surface area contributed by atoms with Gasteiger partial charge in [-0.25, -0.2) is 0 Å². The van der Waals surface area contributed by atoms with Crippen LogP contribution in [0.4, 0.5) is 0 Å². The second kappa shape index (κ2) is 13.1. The number of hydrogen-bond acceptors (Lipinski definition) is 0. The minimum absolute atomic E-state index is 0.0665. The number of rotatable bonds is 6. The van der Waals surface area contributed by atoms with Crippen LogP contribution < -0.4 is 5.22 Å². The maximum atomic E-state index is 2.60.